The number of thiol groups is 1. The molecular weight excluding hydrogens is 236 g/mol. The normalized spacial score (nSPS) is 11.1. The van der Waals surface area contributed by atoms with E-state index in [2.05, 4.69) is 17.9 Å². The van der Waals surface area contributed by atoms with Crippen LogP contribution in [0.2, 0.25) is 0 Å². The van der Waals surface area contributed by atoms with E-state index in [0.29, 0.717) is 5.69 Å². The first-order valence-electron chi connectivity index (χ1n) is 5.01. The van der Waals surface area contributed by atoms with Gasteiger partial charge in [0.05, 0.1) is 6.61 Å². The minimum Gasteiger partial charge on any atom is -0.462 e. The van der Waals surface area contributed by atoms with Crippen molar-refractivity contribution in [3.8, 4) is 6.07 Å². The molecule has 0 atom stereocenters. The number of para-hydroxylation sites is 1. The Kier molecular flexibility index (Phi) is 5.11. The predicted molar refractivity (Wildman–Crippen MR) is 68.3 cm³/mol. The monoisotopic (exact) mass is 248 g/mol. The van der Waals surface area contributed by atoms with Crippen LogP contribution in [0.1, 0.15) is 6.92 Å². The summed E-state index contributed by atoms with van der Waals surface area (Å²) in [6.07, 6.45) is 0. The van der Waals surface area contributed by atoms with Crippen molar-refractivity contribution in [1.29, 1.82) is 5.26 Å². The Morgan fingerprint density at radius 1 is 1.47 bits per heavy atom. The zero-order chi connectivity index (χ0) is 12.7. The number of nitriles is 1. The lowest BCUT2D eigenvalue weighted by Gasteiger charge is -2.07. The van der Waals surface area contributed by atoms with E-state index in [9.17, 15) is 4.79 Å². The number of nitrogens with zero attached hydrogens (tertiary/aromatic N) is 1. The van der Waals surface area contributed by atoms with E-state index in [1.165, 1.54) is 0 Å². The van der Waals surface area contributed by atoms with Gasteiger partial charge in [0.1, 0.15) is 16.7 Å². The molecule has 0 aromatic heterocycles. The molecule has 1 N–H and O–H groups in total. The van der Waals surface area contributed by atoms with Crippen LogP contribution in [0.4, 0.5) is 5.69 Å². The minimum absolute atomic E-state index is 0.0294. The average Bonchev–Trinajstić information content (AvgIpc) is 2.36. The summed E-state index contributed by atoms with van der Waals surface area (Å²) in [5, 5.41) is 11.8. The molecule has 17 heavy (non-hydrogen) atoms. The Morgan fingerprint density at radius 2 is 2.12 bits per heavy atom. The number of carbonyl (C=O) groups excluding carboxylic acids is 1. The Morgan fingerprint density at radius 3 is 2.65 bits per heavy atom. The summed E-state index contributed by atoms with van der Waals surface area (Å²) < 4.78 is 4.76. The fraction of sp³-hybridized carbons (Fsp3) is 0.167. The zero-order valence-corrected chi connectivity index (χ0v) is 10.2. The van der Waals surface area contributed by atoms with Crippen LogP contribution in [0.15, 0.2) is 40.9 Å². The molecule has 0 aliphatic heterocycles. The van der Waals surface area contributed by atoms with E-state index >= 15 is 0 Å². The quantitative estimate of drug-likeness (QED) is 0.371. The van der Waals surface area contributed by atoms with E-state index in [1.54, 1.807) is 19.1 Å². The second-order valence-corrected chi connectivity index (χ2v) is 3.49. The fourth-order valence-corrected chi connectivity index (χ4v) is 1.28. The van der Waals surface area contributed by atoms with E-state index in [4.69, 9.17) is 10.00 Å². The van der Waals surface area contributed by atoms with Crippen molar-refractivity contribution >= 4 is 24.3 Å². The molecule has 0 fully saturated rings. The standard InChI is InChI=1S/C12H12N2O2S/c1-2-16-12(15)11(17)10(8-13)14-9-6-4-3-5-7-9/h3-7,14,17H,2H2,1H3/b11-10+. The second kappa shape index (κ2) is 6.61. The van der Waals surface area contributed by atoms with Crippen molar-refractivity contribution in [1.82, 2.24) is 0 Å². The average molecular weight is 248 g/mol. The number of carbonyl (C=O) groups is 1. The molecule has 88 valence electrons. The molecule has 0 bridgehead atoms. The van der Waals surface area contributed by atoms with Crippen LogP contribution in [0.5, 0.6) is 0 Å². The van der Waals surface area contributed by atoms with Crippen LogP contribution in [-0.2, 0) is 9.53 Å². The lowest BCUT2D eigenvalue weighted by Crippen LogP contribution is -2.09. The maximum absolute atomic E-state index is 11.4. The van der Waals surface area contributed by atoms with E-state index < -0.39 is 5.97 Å². The molecule has 4 nitrogen and oxygen atoms in total. The number of rotatable bonds is 4. The highest BCUT2D eigenvalue weighted by Gasteiger charge is 2.12. The van der Waals surface area contributed by atoms with Crippen molar-refractivity contribution in [2.75, 3.05) is 11.9 Å². The lowest BCUT2D eigenvalue weighted by atomic mass is 10.3. The lowest BCUT2D eigenvalue weighted by molar-refractivity contribution is -0.137. The van der Waals surface area contributed by atoms with E-state index in [1.807, 2.05) is 24.3 Å². The van der Waals surface area contributed by atoms with Gasteiger partial charge in [-0.25, -0.2) is 4.79 Å². The van der Waals surface area contributed by atoms with Crippen LogP contribution in [-0.4, -0.2) is 12.6 Å². The molecule has 0 aliphatic rings. The van der Waals surface area contributed by atoms with Gasteiger partial charge in [0.25, 0.3) is 0 Å². The number of benzene rings is 1. The Labute approximate surface area is 105 Å². The van der Waals surface area contributed by atoms with Crippen LogP contribution in [0.25, 0.3) is 0 Å². The molecule has 0 aliphatic carbocycles. The summed E-state index contributed by atoms with van der Waals surface area (Å²) in [6, 6.07) is 10.9. The molecule has 1 aromatic rings. The third-order valence-corrected chi connectivity index (χ3v) is 2.27. The number of hydrogen-bond donors (Lipinski definition) is 2. The molecular formula is C12H12N2O2S. The highest BCUT2D eigenvalue weighted by Crippen LogP contribution is 2.15. The van der Waals surface area contributed by atoms with Gasteiger partial charge in [0.2, 0.25) is 0 Å². The van der Waals surface area contributed by atoms with Crippen molar-refractivity contribution in [2.24, 2.45) is 0 Å². The first kappa shape index (κ1) is 13.1. The molecule has 0 amide bonds. The van der Waals surface area contributed by atoms with Gasteiger partial charge < -0.3 is 10.1 Å². The van der Waals surface area contributed by atoms with Gasteiger partial charge >= 0.3 is 5.97 Å². The molecule has 1 rings (SSSR count). The summed E-state index contributed by atoms with van der Waals surface area (Å²) in [4.78, 5) is 11.4. The highest BCUT2D eigenvalue weighted by molar-refractivity contribution is 7.85. The van der Waals surface area contributed by atoms with Gasteiger partial charge in [0.15, 0.2) is 0 Å². The summed E-state index contributed by atoms with van der Waals surface area (Å²) in [5.74, 6) is -0.615. The summed E-state index contributed by atoms with van der Waals surface area (Å²) in [5.41, 5.74) is 0.776. The van der Waals surface area contributed by atoms with Crippen LogP contribution in [0.3, 0.4) is 0 Å². The van der Waals surface area contributed by atoms with Gasteiger partial charge in [-0.05, 0) is 19.1 Å². The number of ether oxygens (including phenoxy) is 1. The summed E-state index contributed by atoms with van der Waals surface area (Å²) in [6.45, 7) is 1.93. The SMILES string of the molecule is CCOC(=O)/C(S)=C(/C#N)Nc1ccccc1. The molecule has 0 heterocycles. The van der Waals surface area contributed by atoms with Gasteiger partial charge in [-0.1, -0.05) is 18.2 Å². The first-order valence-corrected chi connectivity index (χ1v) is 5.46. The van der Waals surface area contributed by atoms with Crippen LogP contribution >= 0.6 is 12.6 Å². The number of nitrogens with one attached hydrogen (secondary N) is 1. The third-order valence-electron chi connectivity index (χ3n) is 1.86. The number of esters is 1. The largest absolute Gasteiger partial charge is 0.462 e. The van der Waals surface area contributed by atoms with Crippen LogP contribution < -0.4 is 5.32 Å². The second-order valence-electron chi connectivity index (χ2n) is 3.05. The first-order chi connectivity index (χ1) is 8.19. The smallest absolute Gasteiger partial charge is 0.347 e. The molecule has 0 saturated heterocycles. The molecule has 0 saturated carbocycles. The van der Waals surface area contributed by atoms with Crippen LogP contribution in [0, 0.1) is 11.3 Å². The highest BCUT2D eigenvalue weighted by atomic mass is 32.1. The van der Waals surface area contributed by atoms with Crippen molar-refractivity contribution in [3.05, 3.63) is 40.9 Å². The van der Waals surface area contributed by atoms with Crippen molar-refractivity contribution in [2.45, 2.75) is 6.92 Å². The number of anilines is 1. The maximum Gasteiger partial charge on any atom is 0.347 e. The number of allylic oxidation sites excluding steroid dienone is 1. The third kappa shape index (κ3) is 3.85. The molecule has 1 aromatic carbocycles. The van der Waals surface area contributed by atoms with Gasteiger partial charge in [-0.15, -0.1) is 12.6 Å². The topological polar surface area (TPSA) is 62.1 Å². The van der Waals surface area contributed by atoms with Crippen molar-refractivity contribution in [3.63, 3.8) is 0 Å². The van der Waals surface area contributed by atoms with Gasteiger partial charge in [-0.2, -0.15) is 5.26 Å². The van der Waals surface area contributed by atoms with Gasteiger partial charge in [0, 0.05) is 5.69 Å². The molecule has 0 spiro atoms. The molecule has 0 unspecified atom stereocenters. The zero-order valence-electron chi connectivity index (χ0n) is 9.30. The minimum atomic E-state index is -0.615. The van der Waals surface area contributed by atoms with E-state index in [0.717, 1.165) is 0 Å². The van der Waals surface area contributed by atoms with Crippen molar-refractivity contribution < 1.29 is 9.53 Å². The Bertz CT molecular complexity index is 463. The molecule has 5 heteroatoms. The van der Waals surface area contributed by atoms with E-state index in [-0.39, 0.29) is 17.2 Å². The fourth-order valence-electron chi connectivity index (χ4n) is 1.11. The maximum atomic E-state index is 11.4. The summed E-state index contributed by atoms with van der Waals surface area (Å²) >= 11 is 3.98. The predicted octanol–water partition coefficient (Wildman–Crippen LogP) is 2.33. The Hall–Kier alpha value is -1.93. The Balaban J connectivity index is 2.89. The molecule has 0 radical (unpaired) electrons. The number of hydrogen-bond acceptors (Lipinski definition) is 5. The van der Waals surface area contributed by atoms with Gasteiger partial charge in [-0.3, -0.25) is 0 Å². The summed E-state index contributed by atoms with van der Waals surface area (Å²) in [7, 11) is 0.